The molecule has 7 heteroatoms. The zero-order valence-corrected chi connectivity index (χ0v) is 11.0. The van der Waals surface area contributed by atoms with Gasteiger partial charge in [0.05, 0.1) is 24.7 Å². The molecule has 1 atom stereocenters. The molecule has 102 valence electrons. The second-order valence-corrected chi connectivity index (χ2v) is 6.35. The molecule has 1 aliphatic heterocycles. The predicted octanol–water partition coefficient (Wildman–Crippen LogP) is -1.39. The van der Waals surface area contributed by atoms with Crippen molar-refractivity contribution >= 4 is 15.7 Å². The lowest BCUT2D eigenvalue weighted by Crippen LogP contribution is -2.43. The summed E-state index contributed by atoms with van der Waals surface area (Å²) in [6.45, 7) is 0.610. The van der Waals surface area contributed by atoms with Crippen molar-refractivity contribution < 1.29 is 17.9 Å². The molecular formula is C11H18N2O4S. The quantitative estimate of drug-likeness (QED) is 0.476. The smallest absolute Gasteiger partial charge is 0.249 e. The first kappa shape index (κ1) is 15.0. The number of hydrogen-bond acceptors (Lipinski definition) is 5. The number of rotatable bonds is 6. The van der Waals surface area contributed by atoms with E-state index in [1.807, 2.05) is 0 Å². The van der Waals surface area contributed by atoms with E-state index in [1.165, 1.54) is 4.90 Å². The van der Waals surface area contributed by atoms with Gasteiger partial charge in [0.25, 0.3) is 0 Å². The molecule has 6 nitrogen and oxygen atoms in total. The predicted molar refractivity (Wildman–Crippen MR) is 67.5 cm³/mol. The van der Waals surface area contributed by atoms with Crippen molar-refractivity contribution in [2.24, 2.45) is 5.73 Å². The van der Waals surface area contributed by atoms with Crippen molar-refractivity contribution in [3.8, 4) is 12.3 Å². The Hall–Kier alpha value is -1.10. The Morgan fingerprint density at radius 2 is 2.28 bits per heavy atom. The molecule has 2 N–H and O–H groups in total. The third kappa shape index (κ3) is 4.29. The zero-order chi connectivity index (χ0) is 13.6. The second-order valence-electron chi connectivity index (χ2n) is 4.12. The lowest BCUT2D eigenvalue weighted by atomic mass is 10.2. The fraction of sp³-hybridized carbons (Fsp3) is 0.727. The second kappa shape index (κ2) is 6.73. The Labute approximate surface area is 107 Å². The van der Waals surface area contributed by atoms with Crippen LogP contribution in [0.3, 0.4) is 0 Å². The zero-order valence-electron chi connectivity index (χ0n) is 10.2. The largest absolute Gasteiger partial charge is 0.370 e. The van der Waals surface area contributed by atoms with E-state index in [0.29, 0.717) is 19.6 Å². The fourth-order valence-corrected chi connectivity index (χ4v) is 3.60. The van der Waals surface area contributed by atoms with Gasteiger partial charge in [-0.25, -0.2) is 8.42 Å². The molecule has 1 amide bonds. The topological polar surface area (TPSA) is 89.7 Å². The highest BCUT2D eigenvalue weighted by Gasteiger charge is 2.34. The third-order valence-electron chi connectivity index (χ3n) is 2.72. The van der Waals surface area contributed by atoms with Crippen LogP contribution in [0.15, 0.2) is 0 Å². The van der Waals surface area contributed by atoms with E-state index in [0.717, 1.165) is 0 Å². The summed E-state index contributed by atoms with van der Waals surface area (Å²) in [7, 11) is -3.04. The highest BCUT2D eigenvalue weighted by molar-refractivity contribution is 7.91. The summed E-state index contributed by atoms with van der Waals surface area (Å²) in [4.78, 5) is 13.3. The minimum Gasteiger partial charge on any atom is -0.370 e. The van der Waals surface area contributed by atoms with Gasteiger partial charge in [0, 0.05) is 12.6 Å². The summed E-state index contributed by atoms with van der Waals surface area (Å²) < 4.78 is 27.8. The molecule has 1 rings (SSSR count). The Morgan fingerprint density at radius 3 is 2.78 bits per heavy atom. The normalized spacial score (nSPS) is 21.4. The minimum atomic E-state index is -3.04. The summed E-state index contributed by atoms with van der Waals surface area (Å²) in [5.74, 6) is 2.18. The van der Waals surface area contributed by atoms with Gasteiger partial charge in [0.1, 0.15) is 6.61 Å². The minimum absolute atomic E-state index is 0.0166. The maximum atomic E-state index is 11.9. The standard InChI is InChI=1S/C11H18N2O4S/c1-2-5-13(11(14)8-17-6-4-12)10-3-7-18(15,16)9-10/h1,10H,3-9,12H2. The van der Waals surface area contributed by atoms with E-state index in [1.54, 1.807) is 0 Å². The van der Waals surface area contributed by atoms with Crippen LogP contribution in [-0.2, 0) is 19.4 Å². The number of carbonyl (C=O) groups is 1. The number of sulfone groups is 1. The fourth-order valence-electron chi connectivity index (χ4n) is 1.87. The highest BCUT2D eigenvalue weighted by atomic mass is 32.2. The summed E-state index contributed by atoms with van der Waals surface area (Å²) in [6.07, 6.45) is 5.64. The molecule has 0 aromatic rings. The van der Waals surface area contributed by atoms with Crippen LogP contribution in [0.4, 0.5) is 0 Å². The van der Waals surface area contributed by atoms with E-state index in [9.17, 15) is 13.2 Å². The van der Waals surface area contributed by atoms with Gasteiger partial charge in [0.2, 0.25) is 5.91 Å². The number of hydrogen-bond donors (Lipinski definition) is 1. The van der Waals surface area contributed by atoms with Crippen molar-refractivity contribution in [3.05, 3.63) is 0 Å². The first-order chi connectivity index (χ1) is 8.50. The van der Waals surface area contributed by atoms with Gasteiger partial charge >= 0.3 is 0 Å². The summed E-state index contributed by atoms with van der Waals surface area (Å²) in [6, 6.07) is -0.333. The van der Waals surface area contributed by atoms with Crippen molar-refractivity contribution in [1.29, 1.82) is 0 Å². The van der Waals surface area contributed by atoms with Crippen LogP contribution in [0.5, 0.6) is 0 Å². The Bertz CT molecular complexity index is 427. The van der Waals surface area contributed by atoms with Crippen LogP contribution >= 0.6 is 0 Å². The Morgan fingerprint density at radius 1 is 1.56 bits per heavy atom. The molecule has 1 fully saturated rings. The van der Waals surface area contributed by atoms with Crippen LogP contribution in [-0.4, -0.2) is 63.1 Å². The average molecular weight is 274 g/mol. The third-order valence-corrected chi connectivity index (χ3v) is 4.47. The van der Waals surface area contributed by atoms with Crippen LogP contribution in [0, 0.1) is 12.3 Å². The van der Waals surface area contributed by atoms with Gasteiger partial charge in [-0.05, 0) is 6.42 Å². The van der Waals surface area contributed by atoms with Crippen LogP contribution in [0.25, 0.3) is 0 Å². The molecule has 1 unspecified atom stereocenters. The van der Waals surface area contributed by atoms with Gasteiger partial charge < -0.3 is 15.4 Å². The van der Waals surface area contributed by atoms with Crippen molar-refractivity contribution in [1.82, 2.24) is 4.90 Å². The van der Waals surface area contributed by atoms with Gasteiger partial charge in [-0.1, -0.05) is 5.92 Å². The lowest BCUT2D eigenvalue weighted by molar-refractivity contribution is -0.137. The van der Waals surface area contributed by atoms with Crippen LogP contribution in [0.2, 0.25) is 0 Å². The molecule has 0 aliphatic carbocycles. The van der Waals surface area contributed by atoms with E-state index in [-0.39, 0.29) is 36.6 Å². The van der Waals surface area contributed by atoms with E-state index in [4.69, 9.17) is 16.9 Å². The Kier molecular flexibility index (Phi) is 5.59. The van der Waals surface area contributed by atoms with Crippen molar-refractivity contribution in [3.63, 3.8) is 0 Å². The molecule has 0 bridgehead atoms. The number of amides is 1. The highest BCUT2D eigenvalue weighted by Crippen LogP contribution is 2.17. The summed E-state index contributed by atoms with van der Waals surface area (Å²) >= 11 is 0. The Balaban J connectivity index is 2.60. The van der Waals surface area contributed by atoms with Gasteiger partial charge in [0.15, 0.2) is 9.84 Å². The van der Waals surface area contributed by atoms with Crippen LogP contribution in [0.1, 0.15) is 6.42 Å². The molecule has 1 saturated heterocycles. The van der Waals surface area contributed by atoms with Gasteiger partial charge in [-0.15, -0.1) is 6.42 Å². The maximum absolute atomic E-state index is 11.9. The average Bonchev–Trinajstić information content (AvgIpc) is 2.66. The van der Waals surface area contributed by atoms with Crippen molar-refractivity contribution in [2.75, 3.05) is 37.8 Å². The van der Waals surface area contributed by atoms with E-state index < -0.39 is 9.84 Å². The molecule has 18 heavy (non-hydrogen) atoms. The molecule has 0 spiro atoms. The van der Waals surface area contributed by atoms with E-state index >= 15 is 0 Å². The number of nitrogens with two attached hydrogens (primary N) is 1. The lowest BCUT2D eigenvalue weighted by Gasteiger charge is -2.26. The molecule has 0 aromatic heterocycles. The first-order valence-corrected chi connectivity index (χ1v) is 7.53. The SMILES string of the molecule is C#CCN(C(=O)COCCN)C1CCS(=O)(=O)C1. The summed E-state index contributed by atoms with van der Waals surface area (Å²) in [5.41, 5.74) is 5.25. The molecule has 0 radical (unpaired) electrons. The molecule has 1 aliphatic rings. The number of nitrogens with zero attached hydrogens (tertiary/aromatic N) is 1. The number of ether oxygens (including phenoxy) is 1. The summed E-state index contributed by atoms with van der Waals surface area (Å²) in [5, 5.41) is 0. The molecule has 0 aromatic carbocycles. The molecule has 0 saturated carbocycles. The number of terminal acetylenes is 1. The van der Waals surface area contributed by atoms with Crippen LogP contribution < -0.4 is 5.73 Å². The van der Waals surface area contributed by atoms with Crippen molar-refractivity contribution in [2.45, 2.75) is 12.5 Å². The number of carbonyl (C=O) groups excluding carboxylic acids is 1. The molecular weight excluding hydrogens is 256 g/mol. The maximum Gasteiger partial charge on any atom is 0.249 e. The monoisotopic (exact) mass is 274 g/mol. The van der Waals surface area contributed by atoms with Gasteiger partial charge in [-0.2, -0.15) is 0 Å². The molecule has 1 heterocycles. The van der Waals surface area contributed by atoms with E-state index in [2.05, 4.69) is 5.92 Å². The first-order valence-electron chi connectivity index (χ1n) is 5.71. The van der Waals surface area contributed by atoms with Gasteiger partial charge in [-0.3, -0.25) is 4.79 Å².